The largest absolute Gasteiger partial charge is 0.508 e. The van der Waals surface area contributed by atoms with Crippen LogP contribution in [0.5, 0.6) is 5.75 Å². The lowest BCUT2D eigenvalue weighted by atomic mass is 10.1. The van der Waals surface area contributed by atoms with E-state index in [1.54, 1.807) is 12.1 Å². The number of hydrogen-bond acceptors (Lipinski definition) is 4. The molecule has 4 nitrogen and oxygen atoms in total. The van der Waals surface area contributed by atoms with Gasteiger partial charge in [0.05, 0.1) is 5.56 Å². The summed E-state index contributed by atoms with van der Waals surface area (Å²) in [6, 6.07) is 9.16. The highest BCUT2D eigenvalue weighted by atomic mass is 32.1. The quantitative estimate of drug-likeness (QED) is 0.741. The molecular weight excluding hydrogens is 282 g/mol. The molecule has 0 bridgehead atoms. The Morgan fingerprint density at radius 2 is 1.95 bits per heavy atom. The molecule has 0 saturated carbocycles. The molecule has 0 radical (unpaired) electrons. The summed E-state index contributed by atoms with van der Waals surface area (Å²) in [7, 11) is 0. The molecule has 110 valence electrons. The average molecular weight is 301 g/mol. The number of rotatable bonds is 5. The Hall–Kier alpha value is -2.14. The molecule has 1 aromatic carbocycles. The van der Waals surface area contributed by atoms with E-state index in [1.165, 1.54) is 0 Å². The number of nitrogens with zero attached hydrogens (tertiary/aromatic N) is 1. The molecule has 0 unspecified atom stereocenters. The van der Waals surface area contributed by atoms with Crippen molar-refractivity contribution in [3.05, 3.63) is 52.8 Å². The topological polar surface area (TPSA) is 71.2 Å². The Bertz CT molecular complexity index is 653. The zero-order valence-electron chi connectivity index (χ0n) is 12.2. The molecule has 2 rings (SSSR count). The van der Waals surface area contributed by atoms with E-state index in [0.29, 0.717) is 4.99 Å². The molecule has 1 aromatic heterocycles. The first-order valence-corrected chi connectivity index (χ1v) is 7.18. The number of aryl methyl sites for hydroxylation is 2. The number of aromatic nitrogens is 1. The number of nitrogens with one attached hydrogen (secondary N) is 1. The van der Waals surface area contributed by atoms with Crippen LogP contribution in [0, 0.1) is 13.8 Å². The summed E-state index contributed by atoms with van der Waals surface area (Å²) in [5, 5.41) is 12.6. The number of phenols is 1. The maximum Gasteiger partial charge on any atom is 0.115 e. The van der Waals surface area contributed by atoms with Crippen LogP contribution in [0.4, 0.5) is 5.69 Å². The maximum absolute atomic E-state index is 9.27. The molecule has 0 atom stereocenters. The predicted molar refractivity (Wildman–Crippen MR) is 89.9 cm³/mol. The fraction of sp³-hybridized carbons (Fsp3) is 0.250. The molecule has 0 amide bonds. The van der Waals surface area contributed by atoms with Crippen molar-refractivity contribution in [2.75, 3.05) is 11.9 Å². The van der Waals surface area contributed by atoms with Crippen LogP contribution in [0.3, 0.4) is 0 Å². The zero-order valence-corrected chi connectivity index (χ0v) is 13.0. The zero-order chi connectivity index (χ0) is 15.4. The number of benzene rings is 1. The molecular formula is C16H19N3OS. The third kappa shape index (κ3) is 3.92. The van der Waals surface area contributed by atoms with Crippen molar-refractivity contribution in [2.45, 2.75) is 20.3 Å². The highest BCUT2D eigenvalue weighted by Gasteiger charge is 2.10. The molecule has 4 N–H and O–H groups in total. The second-order valence-corrected chi connectivity index (χ2v) is 5.42. The van der Waals surface area contributed by atoms with Crippen LogP contribution < -0.4 is 11.1 Å². The van der Waals surface area contributed by atoms with E-state index in [9.17, 15) is 5.11 Å². The van der Waals surface area contributed by atoms with Crippen molar-refractivity contribution < 1.29 is 5.11 Å². The highest BCUT2D eigenvalue weighted by molar-refractivity contribution is 7.80. The number of pyridine rings is 1. The van der Waals surface area contributed by atoms with Gasteiger partial charge in [-0.05, 0) is 44.0 Å². The normalized spacial score (nSPS) is 10.4. The van der Waals surface area contributed by atoms with Crippen LogP contribution in [-0.2, 0) is 6.42 Å². The molecule has 2 aromatic rings. The van der Waals surface area contributed by atoms with E-state index in [-0.39, 0.29) is 5.75 Å². The molecule has 1 heterocycles. The lowest BCUT2D eigenvalue weighted by molar-refractivity contribution is 0.475. The molecule has 0 aliphatic carbocycles. The first kappa shape index (κ1) is 15.3. The molecule has 21 heavy (non-hydrogen) atoms. The summed E-state index contributed by atoms with van der Waals surface area (Å²) in [6.07, 6.45) is 0.845. The van der Waals surface area contributed by atoms with E-state index in [2.05, 4.69) is 10.3 Å². The standard InChI is InChI=1S/C16H19N3OS/c1-10-9-14(15(16(17)21)11(2)19-10)18-8-7-12-3-5-13(20)6-4-12/h3-6,9,20H,7-8H2,1-2H3,(H2,17,21)(H,18,19). The van der Waals surface area contributed by atoms with Gasteiger partial charge >= 0.3 is 0 Å². The monoisotopic (exact) mass is 301 g/mol. The van der Waals surface area contributed by atoms with Gasteiger partial charge < -0.3 is 16.2 Å². The maximum atomic E-state index is 9.27. The third-order valence-corrected chi connectivity index (χ3v) is 3.44. The second kappa shape index (κ2) is 6.54. The van der Waals surface area contributed by atoms with E-state index in [1.807, 2.05) is 32.0 Å². The molecule has 0 aliphatic rings. The van der Waals surface area contributed by atoms with E-state index in [0.717, 1.165) is 41.2 Å². The summed E-state index contributed by atoms with van der Waals surface area (Å²) in [5.74, 6) is 0.280. The fourth-order valence-electron chi connectivity index (χ4n) is 2.28. The Morgan fingerprint density at radius 1 is 1.29 bits per heavy atom. The van der Waals surface area contributed by atoms with Gasteiger partial charge in [0, 0.05) is 23.6 Å². The van der Waals surface area contributed by atoms with Crippen LogP contribution in [0.2, 0.25) is 0 Å². The van der Waals surface area contributed by atoms with Gasteiger partial charge in [-0.3, -0.25) is 4.98 Å². The van der Waals surface area contributed by atoms with Crippen molar-refractivity contribution in [3.8, 4) is 5.75 Å². The van der Waals surface area contributed by atoms with E-state index >= 15 is 0 Å². The fourth-order valence-corrected chi connectivity index (χ4v) is 2.54. The van der Waals surface area contributed by atoms with Crippen LogP contribution >= 0.6 is 12.2 Å². The van der Waals surface area contributed by atoms with Crippen LogP contribution in [0.25, 0.3) is 0 Å². The number of hydrogen-bond donors (Lipinski definition) is 3. The summed E-state index contributed by atoms with van der Waals surface area (Å²) >= 11 is 5.11. The molecule has 5 heteroatoms. The van der Waals surface area contributed by atoms with Gasteiger partial charge in [0.15, 0.2) is 0 Å². The van der Waals surface area contributed by atoms with Gasteiger partial charge in [0.1, 0.15) is 10.7 Å². The minimum atomic E-state index is 0.280. The summed E-state index contributed by atoms with van der Waals surface area (Å²) < 4.78 is 0. The Morgan fingerprint density at radius 3 is 2.57 bits per heavy atom. The molecule has 0 fully saturated rings. The first-order chi connectivity index (χ1) is 9.97. The minimum Gasteiger partial charge on any atom is -0.508 e. The Kier molecular flexibility index (Phi) is 4.75. The van der Waals surface area contributed by atoms with Crippen molar-refractivity contribution >= 4 is 22.9 Å². The smallest absolute Gasteiger partial charge is 0.115 e. The number of aromatic hydroxyl groups is 1. The van der Waals surface area contributed by atoms with Gasteiger partial charge in [-0.2, -0.15) is 0 Å². The lowest BCUT2D eigenvalue weighted by Gasteiger charge is -2.14. The van der Waals surface area contributed by atoms with Gasteiger partial charge in [-0.25, -0.2) is 0 Å². The van der Waals surface area contributed by atoms with Crippen molar-refractivity contribution in [1.82, 2.24) is 4.98 Å². The van der Waals surface area contributed by atoms with Gasteiger partial charge in [0.2, 0.25) is 0 Å². The molecule has 0 aliphatic heterocycles. The van der Waals surface area contributed by atoms with Gasteiger partial charge in [-0.1, -0.05) is 24.4 Å². The molecule has 0 saturated heterocycles. The van der Waals surface area contributed by atoms with Crippen LogP contribution in [0.1, 0.15) is 22.5 Å². The number of nitrogens with two attached hydrogens (primary N) is 1. The van der Waals surface area contributed by atoms with Crippen LogP contribution in [0.15, 0.2) is 30.3 Å². The van der Waals surface area contributed by atoms with Crippen molar-refractivity contribution in [1.29, 1.82) is 0 Å². The number of anilines is 1. The van der Waals surface area contributed by atoms with Crippen molar-refractivity contribution in [2.24, 2.45) is 5.73 Å². The van der Waals surface area contributed by atoms with Gasteiger partial charge in [0.25, 0.3) is 0 Å². The predicted octanol–water partition coefficient (Wildman–Crippen LogP) is 2.69. The minimum absolute atomic E-state index is 0.280. The van der Waals surface area contributed by atoms with E-state index < -0.39 is 0 Å². The Labute approximate surface area is 130 Å². The summed E-state index contributed by atoms with van der Waals surface area (Å²) in [6.45, 7) is 4.61. The average Bonchev–Trinajstić information content (AvgIpc) is 2.39. The van der Waals surface area contributed by atoms with E-state index in [4.69, 9.17) is 18.0 Å². The third-order valence-electron chi connectivity index (χ3n) is 3.24. The Balaban J connectivity index is 2.09. The van der Waals surface area contributed by atoms with Crippen LogP contribution in [-0.4, -0.2) is 21.6 Å². The molecule has 0 spiro atoms. The van der Waals surface area contributed by atoms with Gasteiger partial charge in [-0.15, -0.1) is 0 Å². The number of phenolic OH excluding ortho intramolecular Hbond substituents is 1. The van der Waals surface area contributed by atoms with Crippen molar-refractivity contribution in [3.63, 3.8) is 0 Å². The second-order valence-electron chi connectivity index (χ2n) is 4.98. The SMILES string of the molecule is Cc1cc(NCCc2ccc(O)cc2)c(C(N)=S)c(C)n1. The highest BCUT2D eigenvalue weighted by Crippen LogP contribution is 2.20. The first-order valence-electron chi connectivity index (χ1n) is 6.77. The summed E-state index contributed by atoms with van der Waals surface area (Å²) in [5.41, 5.74) is 10.4. The summed E-state index contributed by atoms with van der Waals surface area (Å²) in [4.78, 5) is 4.75. The lowest BCUT2D eigenvalue weighted by Crippen LogP contribution is -2.17. The number of thiocarbonyl (C=S) groups is 1.